The molecule has 1 aromatic rings. The Balaban J connectivity index is 2.64. The molecule has 1 rings (SSSR count). The van der Waals surface area contributed by atoms with Crippen LogP contribution in [0.1, 0.15) is 27.7 Å². The summed E-state index contributed by atoms with van der Waals surface area (Å²) < 4.78 is 0. The van der Waals surface area contributed by atoms with E-state index in [0.29, 0.717) is 13.1 Å². The van der Waals surface area contributed by atoms with Crippen LogP contribution in [0.5, 0.6) is 0 Å². The fraction of sp³-hybridized carbons (Fsp3) is 0.467. The zero-order valence-electron chi connectivity index (χ0n) is 12.6. The Kier molecular flexibility index (Phi) is 6.03. The number of amides is 2. The van der Waals surface area contributed by atoms with Crippen molar-refractivity contribution >= 4 is 23.2 Å². The number of hydrogen-bond acceptors (Lipinski definition) is 3. The molecule has 0 aliphatic heterocycles. The Bertz CT molecular complexity index is 453. The third-order valence-electron chi connectivity index (χ3n) is 3.03. The van der Waals surface area contributed by atoms with Gasteiger partial charge in [-0.3, -0.25) is 9.59 Å². The third kappa shape index (κ3) is 4.57. The maximum Gasteiger partial charge on any atom is 0.244 e. The molecule has 1 atom stereocenters. The molecule has 110 valence electrons. The number of rotatable bonds is 6. The summed E-state index contributed by atoms with van der Waals surface area (Å²) in [4.78, 5) is 24.9. The molecule has 0 bridgehead atoms. The maximum absolute atomic E-state index is 12.1. The van der Waals surface area contributed by atoms with E-state index in [0.717, 1.165) is 11.4 Å². The van der Waals surface area contributed by atoms with E-state index in [9.17, 15) is 9.59 Å². The van der Waals surface area contributed by atoms with Gasteiger partial charge in [-0.25, -0.2) is 0 Å². The zero-order valence-corrected chi connectivity index (χ0v) is 12.6. The Morgan fingerprint density at radius 2 is 1.60 bits per heavy atom. The van der Waals surface area contributed by atoms with Crippen molar-refractivity contribution in [3.8, 4) is 0 Å². The number of nitrogens with zero attached hydrogens (tertiary/aromatic N) is 1. The van der Waals surface area contributed by atoms with Gasteiger partial charge in [-0.15, -0.1) is 0 Å². The van der Waals surface area contributed by atoms with Gasteiger partial charge in [0.1, 0.15) is 6.04 Å². The first kappa shape index (κ1) is 16.0. The summed E-state index contributed by atoms with van der Waals surface area (Å²) in [5, 5.41) is 5.87. The molecular weight excluding hydrogens is 254 g/mol. The second-order valence-corrected chi connectivity index (χ2v) is 4.64. The summed E-state index contributed by atoms with van der Waals surface area (Å²) >= 11 is 0. The Labute approximate surface area is 120 Å². The first-order chi connectivity index (χ1) is 9.47. The molecule has 2 amide bonds. The van der Waals surface area contributed by atoms with E-state index in [-0.39, 0.29) is 17.9 Å². The van der Waals surface area contributed by atoms with Crippen LogP contribution in [0.25, 0.3) is 0 Å². The van der Waals surface area contributed by atoms with Crippen molar-refractivity contribution in [3.05, 3.63) is 24.3 Å². The lowest BCUT2D eigenvalue weighted by molar-refractivity contribution is -0.131. The van der Waals surface area contributed by atoms with Gasteiger partial charge in [0.25, 0.3) is 0 Å². The number of benzene rings is 1. The van der Waals surface area contributed by atoms with Crippen LogP contribution in [-0.4, -0.2) is 35.8 Å². The van der Waals surface area contributed by atoms with Crippen LogP contribution in [0.4, 0.5) is 11.4 Å². The molecular formula is C15H23N3O2. The summed E-state index contributed by atoms with van der Waals surface area (Å²) in [6.45, 7) is 8.68. The highest BCUT2D eigenvalue weighted by atomic mass is 16.2. The van der Waals surface area contributed by atoms with Crippen LogP contribution in [0.15, 0.2) is 24.3 Å². The quantitative estimate of drug-likeness (QED) is 0.839. The Morgan fingerprint density at radius 3 is 2.05 bits per heavy atom. The molecule has 5 heteroatoms. The van der Waals surface area contributed by atoms with Gasteiger partial charge in [0.05, 0.1) is 0 Å². The van der Waals surface area contributed by atoms with Crippen molar-refractivity contribution in [2.45, 2.75) is 33.7 Å². The zero-order chi connectivity index (χ0) is 15.1. The lowest BCUT2D eigenvalue weighted by Gasteiger charge is -2.24. The van der Waals surface area contributed by atoms with Gasteiger partial charge in [-0.1, -0.05) is 0 Å². The first-order valence-corrected chi connectivity index (χ1v) is 6.90. The van der Waals surface area contributed by atoms with Crippen LogP contribution in [0, 0.1) is 0 Å². The van der Waals surface area contributed by atoms with E-state index in [4.69, 9.17) is 0 Å². The van der Waals surface area contributed by atoms with Crippen molar-refractivity contribution < 1.29 is 9.59 Å². The summed E-state index contributed by atoms with van der Waals surface area (Å²) in [6.07, 6.45) is 0. The van der Waals surface area contributed by atoms with Crippen molar-refractivity contribution in [1.82, 2.24) is 4.90 Å². The molecule has 0 aliphatic rings. The molecule has 0 heterocycles. The molecule has 0 aromatic heterocycles. The van der Waals surface area contributed by atoms with E-state index in [1.807, 2.05) is 32.9 Å². The molecule has 0 aliphatic carbocycles. The lowest BCUT2D eigenvalue weighted by Crippen LogP contribution is -2.41. The van der Waals surface area contributed by atoms with E-state index < -0.39 is 0 Å². The smallest absolute Gasteiger partial charge is 0.244 e. The van der Waals surface area contributed by atoms with Gasteiger partial charge in [-0.2, -0.15) is 0 Å². The highest BCUT2D eigenvalue weighted by Gasteiger charge is 2.17. The minimum absolute atomic E-state index is 0.0842. The molecule has 20 heavy (non-hydrogen) atoms. The van der Waals surface area contributed by atoms with Crippen LogP contribution in [0.2, 0.25) is 0 Å². The number of anilines is 2. The van der Waals surface area contributed by atoms with Gasteiger partial charge in [-0.05, 0) is 45.0 Å². The van der Waals surface area contributed by atoms with Crippen LogP contribution in [0.3, 0.4) is 0 Å². The molecule has 0 spiro atoms. The summed E-state index contributed by atoms with van der Waals surface area (Å²) in [5.41, 5.74) is 1.60. The van der Waals surface area contributed by atoms with Crippen molar-refractivity contribution in [2.24, 2.45) is 0 Å². The summed E-state index contributed by atoms with van der Waals surface area (Å²) in [7, 11) is 0. The van der Waals surface area contributed by atoms with Crippen molar-refractivity contribution in [1.29, 1.82) is 0 Å². The minimum atomic E-state index is -0.276. The SMILES string of the molecule is CCN(CC)C(=O)C(C)Nc1ccc(NC(C)=O)cc1. The molecule has 1 aromatic carbocycles. The fourth-order valence-electron chi connectivity index (χ4n) is 1.97. The van der Waals surface area contributed by atoms with E-state index >= 15 is 0 Å². The highest BCUT2D eigenvalue weighted by molar-refractivity contribution is 5.89. The Morgan fingerprint density at radius 1 is 1.10 bits per heavy atom. The minimum Gasteiger partial charge on any atom is -0.374 e. The second kappa shape index (κ2) is 7.53. The van der Waals surface area contributed by atoms with Crippen molar-refractivity contribution in [2.75, 3.05) is 23.7 Å². The maximum atomic E-state index is 12.1. The normalized spacial score (nSPS) is 11.6. The van der Waals surface area contributed by atoms with Gasteiger partial charge in [0.15, 0.2) is 0 Å². The average molecular weight is 277 g/mol. The van der Waals surface area contributed by atoms with Crippen molar-refractivity contribution in [3.63, 3.8) is 0 Å². The highest BCUT2D eigenvalue weighted by Crippen LogP contribution is 2.15. The third-order valence-corrected chi connectivity index (χ3v) is 3.03. The number of likely N-dealkylation sites (N-methyl/N-ethyl adjacent to an activating group) is 1. The van der Waals surface area contributed by atoms with E-state index in [1.165, 1.54) is 6.92 Å². The number of carbonyl (C=O) groups is 2. The largest absolute Gasteiger partial charge is 0.374 e. The molecule has 5 nitrogen and oxygen atoms in total. The van der Waals surface area contributed by atoms with E-state index in [2.05, 4.69) is 10.6 Å². The standard InChI is InChI=1S/C15H23N3O2/c1-5-18(6-2)15(20)11(3)16-13-7-9-14(10-8-13)17-12(4)19/h7-11,16H,5-6H2,1-4H3,(H,17,19). The van der Waals surface area contributed by atoms with Crippen LogP contribution < -0.4 is 10.6 Å². The monoisotopic (exact) mass is 277 g/mol. The fourth-order valence-corrected chi connectivity index (χ4v) is 1.97. The number of nitrogens with one attached hydrogen (secondary N) is 2. The summed E-state index contributed by atoms with van der Waals surface area (Å²) in [6, 6.07) is 7.02. The van der Waals surface area contributed by atoms with Gasteiger partial charge in [0.2, 0.25) is 11.8 Å². The van der Waals surface area contributed by atoms with Crippen LogP contribution >= 0.6 is 0 Å². The van der Waals surface area contributed by atoms with Gasteiger partial charge >= 0.3 is 0 Å². The second-order valence-electron chi connectivity index (χ2n) is 4.64. The van der Waals surface area contributed by atoms with Gasteiger partial charge in [0, 0.05) is 31.4 Å². The predicted octanol–water partition coefficient (Wildman–Crippen LogP) is 2.31. The molecule has 0 radical (unpaired) electrons. The predicted molar refractivity (Wildman–Crippen MR) is 81.8 cm³/mol. The number of carbonyl (C=O) groups excluding carboxylic acids is 2. The molecule has 0 saturated heterocycles. The molecule has 0 fully saturated rings. The average Bonchev–Trinajstić information content (AvgIpc) is 2.41. The first-order valence-electron chi connectivity index (χ1n) is 6.90. The molecule has 1 unspecified atom stereocenters. The van der Waals surface area contributed by atoms with Crippen LogP contribution in [-0.2, 0) is 9.59 Å². The molecule has 2 N–H and O–H groups in total. The lowest BCUT2D eigenvalue weighted by atomic mass is 10.2. The number of hydrogen-bond donors (Lipinski definition) is 2. The summed E-state index contributed by atoms with van der Waals surface area (Å²) in [5.74, 6) is -0.0169. The van der Waals surface area contributed by atoms with Gasteiger partial charge < -0.3 is 15.5 Å². The topological polar surface area (TPSA) is 61.4 Å². The molecule has 0 saturated carbocycles. The Hall–Kier alpha value is -2.04. The van der Waals surface area contributed by atoms with E-state index in [1.54, 1.807) is 17.0 Å².